The zero-order valence-electron chi connectivity index (χ0n) is 10.4. The molecule has 5 nitrogen and oxygen atoms in total. The Morgan fingerprint density at radius 1 is 1.28 bits per heavy atom. The summed E-state index contributed by atoms with van der Waals surface area (Å²) >= 11 is 0. The van der Waals surface area contributed by atoms with E-state index in [4.69, 9.17) is 14.9 Å². The van der Waals surface area contributed by atoms with Gasteiger partial charge in [0.05, 0.1) is 25.9 Å². The first-order valence-electron chi connectivity index (χ1n) is 5.96. The number of aliphatic hydroxyl groups is 2. The molecule has 1 amide bonds. The molecule has 0 saturated heterocycles. The van der Waals surface area contributed by atoms with Crippen LogP contribution < -0.4 is 10.1 Å². The van der Waals surface area contributed by atoms with Gasteiger partial charge in [0.25, 0.3) is 5.91 Å². The highest BCUT2D eigenvalue weighted by atomic mass is 16.5. The van der Waals surface area contributed by atoms with Crippen molar-refractivity contribution in [1.29, 1.82) is 0 Å². The molecule has 3 N–H and O–H groups in total. The number of amides is 1. The molecule has 0 saturated carbocycles. The van der Waals surface area contributed by atoms with E-state index in [-0.39, 0.29) is 19.1 Å². The number of ether oxygens (including phenoxy) is 1. The Labute approximate surface area is 106 Å². The van der Waals surface area contributed by atoms with E-state index in [1.807, 2.05) is 6.92 Å². The third-order valence-electron chi connectivity index (χ3n) is 2.37. The monoisotopic (exact) mass is 253 g/mol. The van der Waals surface area contributed by atoms with Crippen molar-refractivity contribution in [1.82, 2.24) is 5.32 Å². The maximum atomic E-state index is 11.7. The smallest absolute Gasteiger partial charge is 0.251 e. The molecular weight excluding hydrogens is 234 g/mol. The molecule has 0 aliphatic rings. The molecule has 0 unspecified atom stereocenters. The summed E-state index contributed by atoms with van der Waals surface area (Å²) in [6.45, 7) is 2.08. The molecule has 0 atom stereocenters. The zero-order chi connectivity index (χ0) is 13.4. The van der Waals surface area contributed by atoms with Crippen LogP contribution in [-0.2, 0) is 0 Å². The number of rotatable bonds is 7. The fourth-order valence-corrected chi connectivity index (χ4v) is 1.34. The molecule has 18 heavy (non-hydrogen) atoms. The third kappa shape index (κ3) is 4.35. The molecule has 0 heterocycles. The molecule has 0 aliphatic heterocycles. The number of hydrogen-bond donors (Lipinski definition) is 3. The molecule has 1 aromatic carbocycles. The fourth-order valence-electron chi connectivity index (χ4n) is 1.34. The molecule has 5 heteroatoms. The van der Waals surface area contributed by atoms with Crippen molar-refractivity contribution in [2.75, 3.05) is 19.8 Å². The van der Waals surface area contributed by atoms with Gasteiger partial charge in [-0.25, -0.2) is 0 Å². The van der Waals surface area contributed by atoms with E-state index in [1.165, 1.54) is 0 Å². The standard InChI is InChI=1S/C13H19NO4/c1-2-7-18-12-5-3-10(4-6-12)13(17)14-11(8-15)9-16/h3-6,11,15-16H,2,7-9H2,1H3,(H,14,17). The lowest BCUT2D eigenvalue weighted by Crippen LogP contribution is -2.40. The number of carbonyl (C=O) groups excluding carboxylic acids is 1. The van der Waals surface area contributed by atoms with Crippen LogP contribution in [0.25, 0.3) is 0 Å². The van der Waals surface area contributed by atoms with Gasteiger partial charge in [0.2, 0.25) is 0 Å². The maximum absolute atomic E-state index is 11.7. The van der Waals surface area contributed by atoms with Crippen LogP contribution in [0.2, 0.25) is 0 Å². The average molecular weight is 253 g/mol. The van der Waals surface area contributed by atoms with Gasteiger partial charge in [0, 0.05) is 5.56 Å². The topological polar surface area (TPSA) is 78.8 Å². The lowest BCUT2D eigenvalue weighted by Gasteiger charge is -2.13. The van der Waals surface area contributed by atoms with Crippen molar-refractivity contribution in [2.45, 2.75) is 19.4 Å². The van der Waals surface area contributed by atoms with E-state index < -0.39 is 6.04 Å². The van der Waals surface area contributed by atoms with Crippen LogP contribution in [0.3, 0.4) is 0 Å². The second-order valence-corrected chi connectivity index (χ2v) is 3.91. The fraction of sp³-hybridized carbons (Fsp3) is 0.462. The predicted octanol–water partition coefficient (Wildman–Crippen LogP) is 0.558. The van der Waals surface area contributed by atoms with E-state index in [1.54, 1.807) is 24.3 Å². The molecular formula is C13H19NO4. The molecule has 0 bridgehead atoms. The minimum Gasteiger partial charge on any atom is -0.494 e. The Kier molecular flexibility index (Phi) is 6.18. The summed E-state index contributed by atoms with van der Waals surface area (Å²) in [7, 11) is 0. The van der Waals surface area contributed by atoms with Crippen molar-refractivity contribution in [2.24, 2.45) is 0 Å². The Morgan fingerprint density at radius 3 is 2.39 bits per heavy atom. The van der Waals surface area contributed by atoms with Gasteiger partial charge in [-0.05, 0) is 30.7 Å². The summed E-state index contributed by atoms with van der Waals surface area (Å²) in [5.41, 5.74) is 0.464. The highest BCUT2D eigenvalue weighted by molar-refractivity contribution is 5.94. The largest absolute Gasteiger partial charge is 0.494 e. The zero-order valence-corrected chi connectivity index (χ0v) is 10.4. The van der Waals surface area contributed by atoms with Crippen LogP contribution in [0.4, 0.5) is 0 Å². The van der Waals surface area contributed by atoms with Gasteiger partial charge < -0.3 is 20.3 Å². The summed E-state index contributed by atoms with van der Waals surface area (Å²) in [6, 6.07) is 6.10. The summed E-state index contributed by atoms with van der Waals surface area (Å²) in [4.78, 5) is 11.7. The highest BCUT2D eigenvalue weighted by Gasteiger charge is 2.11. The molecule has 1 rings (SSSR count). The van der Waals surface area contributed by atoms with E-state index in [2.05, 4.69) is 5.32 Å². The number of aliphatic hydroxyl groups excluding tert-OH is 2. The van der Waals surface area contributed by atoms with Crippen molar-refractivity contribution < 1.29 is 19.7 Å². The average Bonchev–Trinajstić information content (AvgIpc) is 2.42. The first kappa shape index (κ1) is 14.5. The number of nitrogens with one attached hydrogen (secondary N) is 1. The van der Waals surface area contributed by atoms with Crippen molar-refractivity contribution in [3.63, 3.8) is 0 Å². The summed E-state index contributed by atoms with van der Waals surface area (Å²) in [5.74, 6) is 0.388. The van der Waals surface area contributed by atoms with Crippen LogP contribution in [0.5, 0.6) is 5.75 Å². The first-order valence-corrected chi connectivity index (χ1v) is 5.96. The lowest BCUT2D eigenvalue weighted by molar-refractivity contribution is 0.0879. The number of hydrogen-bond acceptors (Lipinski definition) is 4. The SMILES string of the molecule is CCCOc1ccc(C(=O)NC(CO)CO)cc1. The van der Waals surface area contributed by atoms with Crippen LogP contribution in [0, 0.1) is 0 Å². The first-order chi connectivity index (χ1) is 8.71. The van der Waals surface area contributed by atoms with Crippen molar-refractivity contribution in [3.8, 4) is 5.75 Å². The Morgan fingerprint density at radius 2 is 1.89 bits per heavy atom. The van der Waals surface area contributed by atoms with Gasteiger partial charge in [-0.2, -0.15) is 0 Å². The molecule has 1 aromatic rings. The van der Waals surface area contributed by atoms with Crippen molar-refractivity contribution >= 4 is 5.91 Å². The predicted molar refractivity (Wildman–Crippen MR) is 67.7 cm³/mol. The number of benzene rings is 1. The Hall–Kier alpha value is -1.59. The van der Waals surface area contributed by atoms with Crippen molar-refractivity contribution in [3.05, 3.63) is 29.8 Å². The van der Waals surface area contributed by atoms with E-state index in [0.29, 0.717) is 17.9 Å². The van der Waals surface area contributed by atoms with Gasteiger partial charge in [-0.3, -0.25) is 4.79 Å². The minimum atomic E-state index is -0.631. The van der Waals surface area contributed by atoms with E-state index >= 15 is 0 Å². The second-order valence-electron chi connectivity index (χ2n) is 3.91. The minimum absolute atomic E-state index is 0.292. The third-order valence-corrected chi connectivity index (χ3v) is 2.37. The van der Waals surface area contributed by atoms with E-state index in [0.717, 1.165) is 6.42 Å². The molecule has 0 aliphatic carbocycles. The van der Waals surface area contributed by atoms with Crippen LogP contribution in [-0.4, -0.2) is 42.0 Å². The van der Waals surface area contributed by atoms with Gasteiger partial charge >= 0.3 is 0 Å². The Balaban J connectivity index is 2.58. The molecule has 0 fully saturated rings. The molecule has 0 spiro atoms. The second kappa shape index (κ2) is 7.68. The Bertz CT molecular complexity index is 360. The van der Waals surface area contributed by atoms with Gasteiger partial charge in [0.15, 0.2) is 0 Å². The van der Waals surface area contributed by atoms with Crippen LogP contribution in [0.15, 0.2) is 24.3 Å². The lowest BCUT2D eigenvalue weighted by atomic mass is 10.2. The summed E-state index contributed by atoms with van der Waals surface area (Å²) in [5, 5.41) is 20.3. The molecule has 0 radical (unpaired) electrons. The van der Waals surface area contributed by atoms with Gasteiger partial charge in [0.1, 0.15) is 5.75 Å². The number of carbonyl (C=O) groups is 1. The molecule has 0 aromatic heterocycles. The highest BCUT2D eigenvalue weighted by Crippen LogP contribution is 2.12. The quantitative estimate of drug-likeness (QED) is 0.663. The summed E-state index contributed by atoms with van der Waals surface area (Å²) < 4.78 is 5.40. The molecule has 100 valence electrons. The van der Waals surface area contributed by atoms with Gasteiger partial charge in [-0.1, -0.05) is 6.92 Å². The van der Waals surface area contributed by atoms with Crippen LogP contribution >= 0.6 is 0 Å². The van der Waals surface area contributed by atoms with Crippen LogP contribution in [0.1, 0.15) is 23.7 Å². The van der Waals surface area contributed by atoms with E-state index in [9.17, 15) is 4.79 Å². The van der Waals surface area contributed by atoms with Gasteiger partial charge in [-0.15, -0.1) is 0 Å². The summed E-state index contributed by atoms with van der Waals surface area (Å²) in [6.07, 6.45) is 0.927. The maximum Gasteiger partial charge on any atom is 0.251 e. The normalized spacial score (nSPS) is 10.4.